The predicted molar refractivity (Wildman–Crippen MR) is 89.5 cm³/mol. The maximum absolute atomic E-state index is 12.5. The molecule has 1 saturated carbocycles. The second kappa shape index (κ2) is 5.73. The number of carbonyl (C=O) groups excluding carboxylic acids is 1. The topological polar surface area (TPSA) is 38.3 Å². The molecule has 2 aliphatic rings. The Morgan fingerprint density at radius 3 is 2.61 bits per heavy atom. The van der Waals surface area contributed by atoms with E-state index in [9.17, 15) is 4.79 Å². The van der Waals surface area contributed by atoms with E-state index in [-0.39, 0.29) is 17.2 Å². The van der Waals surface area contributed by atoms with Crippen molar-refractivity contribution in [3.63, 3.8) is 0 Å². The average Bonchev–Trinajstić information content (AvgIpc) is 3.41. The molecule has 1 fully saturated rings. The van der Waals surface area contributed by atoms with Crippen molar-refractivity contribution >= 4 is 5.91 Å². The summed E-state index contributed by atoms with van der Waals surface area (Å²) in [5.41, 5.74) is 2.62. The maximum atomic E-state index is 12.5. The molecule has 4 rings (SSSR count). The van der Waals surface area contributed by atoms with Gasteiger partial charge in [0.15, 0.2) is 0 Å². The molecule has 1 aliphatic carbocycles. The van der Waals surface area contributed by atoms with Crippen molar-refractivity contribution in [2.45, 2.75) is 24.7 Å². The van der Waals surface area contributed by atoms with Gasteiger partial charge in [-0.2, -0.15) is 0 Å². The fourth-order valence-electron chi connectivity index (χ4n) is 3.41. The van der Waals surface area contributed by atoms with Crippen LogP contribution in [0.5, 0.6) is 5.75 Å². The van der Waals surface area contributed by atoms with E-state index < -0.39 is 0 Å². The van der Waals surface area contributed by atoms with Gasteiger partial charge in [0.05, 0.1) is 5.92 Å². The van der Waals surface area contributed by atoms with E-state index in [2.05, 4.69) is 29.6 Å². The molecule has 1 aliphatic heterocycles. The third-order valence-corrected chi connectivity index (χ3v) is 5.09. The minimum atomic E-state index is -0.0866. The van der Waals surface area contributed by atoms with Crippen molar-refractivity contribution in [1.29, 1.82) is 0 Å². The number of rotatable bonds is 4. The van der Waals surface area contributed by atoms with Crippen LogP contribution in [0, 0.1) is 5.92 Å². The number of fused-ring (bicyclic) bond motifs is 1. The highest BCUT2D eigenvalue weighted by Gasteiger charge is 2.44. The lowest BCUT2D eigenvalue weighted by atomic mass is 9.94. The van der Waals surface area contributed by atoms with Gasteiger partial charge in [0.2, 0.25) is 5.91 Å². The van der Waals surface area contributed by atoms with Gasteiger partial charge in [0, 0.05) is 12.0 Å². The minimum Gasteiger partial charge on any atom is -0.492 e. The second-order valence-electron chi connectivity index (χ2n) is 6.68. The fourth-order valence-corrected chi connectivity index (χ4v) is 3.41. The van der Waals surface area contributed by atoms with Crippen LogP contribution in [0.25, 0.3) is 0 Å². The zero-order chi connectivity index (χ0) is 15.7. The summed E-state index contributed by atoms with van der Waals surface area (Å²) in [6, 6.07) is 18.5. The number of amides is 1. The van der Waals surface area contributed by atoms with Crippen LogP contribution in [-0.2, 0) is 16.6 Å². The molecule has 1 amide bonds. The lowest BCUT2D eigenvalue weighted by Crippen LogP contribution is -2.40. The zero-order valence-electron chi connectivity index (χ0n) is 13.1. The average molecular weight is 307 g/mol. The fraction of sp³-hybridized carbons (Fsp3) is 0.350. The molecule has 0 spiro atoms. The molecule has 2 aromatic carbocycles. The number of hydrogen-bond donors (Lipinski definition) is 1. The molecule has 1 N–H and O–H groups in total. The van der Waals surface area contributed by atoms with Gasteiger partial charge < -0.3 is 10.1 Å². The molecule has 3 heteroatoms. The third-order valence-electron chi connectivity index (χ3n) is 5.09. The maximum Gasteiger partial charge on any atom is 0.226 e. The number of benzene rings is 2. The number of para-hydroxylation sites is 1. The summed E-state index contributed by atoms with van der Waals surface area (Å²) in [7, 11) is 0. The summed E-state index contributed by atoms with van der Waals surface area (Å²) in [5, 5.41) is 3.17. The lowest BCUT2D eigenvalue weighted by molar-refractivity contribution is -0.126. The van der Waals surface area contributed by atoms with Crippen LogP contribution in [0.1, 0.15) is 24.0 Å². The van der Waals surface area contributed by atoms with Gasteiger partial charge >= 0.3 is 0 Å². The molecule has 0 saturated heterocycles. The summed E-state index contributed by atoms with van der Waals surface area (Å²) in [4.78, 5) is 12.5. The molecule has 118 valence electrons. The Hall–Kier alpha value is -2.29. The van der Waals surface area contributed by atoms with Gasteiger partial charge in [-0.3, -0.25) is 4.79 Å². The van der Waals surface area contributed by atoms with Crippen molar-refractivity contribution in [2.24, 2.45) is 5.92 Å². The minimum absolute atomic E-state index is 0.0866. The standard InChI is InChI=1S/C20H21NO2/c22-19(16-12-15-6-4-5-9-18(15)23-13-16)21-14-20(10-11-20)17-7-2-1-3-8-17/h1-9,16H,10-14H2,(H,21,22). The number of nitrogens with one attached hydrogen (secondary N) is 1. The molecule has 0 bridgehead atoms. The molecular formula is C20H21NO2. The highest BCUT2D eigenvalue weighted by Crippen LogP contribution is 2.47. The highest BCUT2D eigenvalue weighted by atomic mass is 16.5. The van der Waals surface area contributed by atoms with Gasteiger partial charge in [0.25, 0.3) is 0 Å². The quantitative estimate of drug-likeness (QED) is 0.942. The summed E-state index contributed by atoms with van der Waals surface area (Å²) in [6.07, 6.45) is 3.07. The van der Waals surface area contributed by atoms with Crippen LogP contribution in [0.4, 0.5) is 0 Å². The Morgan fingerprint density at radius 2 is 1.83 bits per heavy atom. The van der Waals surface area contributed by atoms with Crippen LogP contribution in [0.2, 0.25) is 0 Å². The molecule has 3 nitrogen and oxygen atoms in total. The van der Waals surface area contributed by atoms with Crippen LogP contribution < -0.4 is 10.1 Å². The predicted octanol–water partition coefficient (Wildman–Crippen LogP) is 3.09. The van der Waals surface area contributed by atoms with E-state index in [0.717, 1.165) is 37.1 Å². The van der Waals surface area contributed by atoms with Gasteiger partial charge in [-0.15, -0.1) is 0 Å². The summed E-state index contributed by atoms with van der Waals surface area (Å²) >= 11 is 0. The lowest BCUT2D eigenvalue weighted by Gasteiger charge is -2.25. The molecule has 23 heavy (non-hydrogen) atoms. The number of carbonyl (C=O) groups is 1. The Labute approximate surface area is 136 Å². The molecule has 2 aromatic rings. The van der Waals surface area contributed by atoms with E-state index in [1.165, 1.54) is 5.56 Å². The van der Waals surface area contributed by atoms with Crippen molar-refractivity contribution in [2.75, 3.05) is 13.2 Å². The first-order chi connectivity index (χ1) is 11.3. The molecule has 1 atom stereocenters. The first-order valence-corrected chi connectivity index (χ1v) is 8.31. The van der Waals surface area contributed by atoms with Crippen LogP contribution in [0.15, 0.2) is 54.6 Å². The third kappa shape index (κ3) is 2.83. The van der Waals surface area contributed by atoms with Crippen molar-refractivity contribution < 1.29 is 9.53 Å². The molecule has 0 aromatic heterocycles. The van der Waals surface area contributed by atoms with E-state index in [4.69, 9.17) is 4.74 Å². The van der Waals surface area contributed by atoms with Gasteiger partial charge in [-0.25, -0.2) is 0 Å². The molecule has 1 unspecified atom stereocenters. The van der Waals surface area contributed by atoms with Crippen LogP contribution in [0.3, 0.4) is 0 Å². The summed E-state index contributed by atoms with van der Waals surface area (Å²) in [6.45, 7) is 1.20. The van der Waals surface area contributed by atoms with Crippen molar-refractivity contribution in [1.82, 2.24) is 5.32 Å². The zero-order valence-corrected chi connectivity index (χ0v) is 13.1. The summed E-state index contributed by atoms with van der Waals surface area (Å²) < 4.78 is 5.73. The molecular weight excluding hydrogens is 286 g/mol. The Bertz CT molecular complexity index is 707. The smallest absolute Gasteiger partial charge is 0.226 e. The van der Waals surface area contributed by atoms with Gasteiger partial charge in [-0.05, 0) is 36.5 Å². The first-order valence-electron chi connectivity index (χ1n) is 8.31. The molecule has 1 heterocycles. The summed E-state index contributed by atoms with van der Waals surface area (Å²) in [5.74, 6) is 0.942. The SMILES string of the molecule is O=C(NCC1(c2ccccc2)CC1)C1COc2ccccc2C1. The number of hydrogen-bond acceptors (Lipinski definition) is 2. The Balaban J connectivity index is 1.38. The van der Waals surface area contributed by atoms with E-state index in [1.807, 2.05) is 30.3 Å². The van der Waals surface area contributed by atoms with Crippen molar-refractivity contribution in [3.8, 4) is 5.75 Å². The monoisotopic (exact) mass is 307 g/mol. The Kier molecular flexibility index (Phi) is 3.56. The van der Waals surface area contributed by atoms with Crippen molar-refractivity contribution in [3.05, 3.63) is 65.7 Å². The van der Waals surface area contributed by atoms with E-state index >= 15 is 0 Å². The highest BCUT2D eigenvalue weighted by molar-refractivity contribution is 5.79. The number of ether oxygens (including phenoxy) is 1. The largest absolute Gasteiger partial charge is 0.492 e. The first kappa shape index (κ1) is 14.3. The molecule has 0 radical (unpaired) electrons. The van der Waals surface area contributed by atoms with E-state index in [1.54, 1.807) is 0 Å². The van der Waals surface area contributed by atoms with E-state index in [0.29, 0.717) is 6.61 Å². The Morgan fingerprint density at radius 1 is 1.09 bits per heavy atom. The van der Waals surface area contributed by atoms with Gasteiger partial charge in [0.1, 0.15) is 12.4 Å². The van der Waals surface area contributed by atoms with Gasteiger partial charge in [-0.1, -0.05) is 48.5 Å². The second-order valence-corrected chi connectivity index (χ2v) is 6.68. The normalized spacial score (nSPS) is 21.0. The van der Waals surface area contributed by atoms with Crippen LogP contribution >= 0.6 is 0 Å². The van der Waals surface area contributed by atoms with Crippen LogP contribution in [-0.4, -0.2) is 19.1 Å².